The largest absolute Gasteiger partial charge is 0.264 e. The Morgan fingerprint density at radius 3 is 2.36 bits per heavy atom. The van der Waals surface area contributed by atoms with Crippen molar-refractivity contribution in [2.24, 2.45) is 0 Å². The molecule has 0 N–H and O–H groups in total. The maximum atomic E-state index is 11.9. The molecule has 59 valence electrons. The molecule has 0 aliphatic heterocycles. The Morgan fingerprint density at radius 2 is 2.09 bits per heavy atom. The van der Waals surface area contributed by atoms with Crippen molar-refractivity contribution < 1.29 is 37.1 Å². The summed E-state index contributed by atoms with van der Waals surface area (Å²) in [5, 5.41) is 6.40. The summed E-state index contributed by atoms with van der Waals surface area (Å²) in [5.74, 6) is -0.593. The molecular weight excluding hydrogens is 243 g/mol. The Labute approximate surface area is 95.4 Å². The maximum Gasteiger partial charge on any atom is 0.0726 e. The molecule has 0 fully saturated rings. The van der Waals surface area contributed by atoms with E-state index in [-0.39, 0.29) is 37.9 Å². The fourth-order valence-corrected chi connectivity index (χ4v) is 0.420. The zero-order valence-electron chi connectivity index (χ0n) is 6.31. The average Bonchev–Trinajstić information content (AvgIpc) is 1.91. The molecule has 0 bridgehead atoms. The molecule has 2 nitrogen and oxygen atoms in total. The summed E-state index contributed by atoms with van der Waals surface area (Å²) < 4.78 is 11.9. The first-order chi connectivity index (χ1) is 4.79. The first-order valence-corrected chi connectivity index (χ1v) is 3.23. The van der Waals surface area contributed by atoms with Crippen LogP contribution in [0, 0.1) is 12.0 Å². The van der Waals surface area contributed by atoms with E-state index in [1.165, 1.54) is 0 Å². The topological polar surface area (TPSA) is 25.8 Å². The quantitative estimate of drug-likeness (QED) is 0.659. The molecule has 0 aliphatic carbocycles. The number of hydrogen-bond donors (Lipinski definition) is 0. The third kappa shape index (κ3) is 6.79. The Bertz CT molecular complexity index is 180. The number of nitrogens with zero attached hydrogens (tertiary/aromatic N) is 2. The van der Waals surface area contributed by atoms with Crippen molar-refractivity contribution in [3.63, 3.8) is 0 Å². The van der Waals surface area contributed by atoms with Gasteiger partial charge in [0, 0.05) is 32.7 Å². The molecule has 1 aromatic rings. The Hall–Kier alpha value is 0.404. The van der Waals surface area contributed by atoms with E-state index in [9.17, 15) is 4.39 Å². The molecule has 0 amide bonds. The first kappa shape index (κ1) is 14.0. The van der Waals surface area contributed by atoms with Crippen LogP contribution in [-0.4, -0.2) is 10.2 Å². The number of aromatic nitrogens is 2. The summed E-state index contributed by atoms with van der Waals surface area (Å²) in [6.07, 6.45) is 1.96. The predicted octanol–water partition coefficient (Wildman–Crippen LogP) is 2.09. The van der Waals surface area contributed by atoms with Gasteiger partial charge in [-0.3, -0.25) is 5.10 Å². The van der Waals surface area contributed by atoms with E-state index in [4.69, 9.17) is 11.6 Å². The molecule has 1 heterocycles. The minimum absolute atomic E-state index is 0. The van der Waals surface area contributed by atoms with Gasteiger partial charge in [-0.2, -0.15) is 5.10 Å². The van der Waals surface area contributed by atoms with Crippen molar-refractivity contribution in [2.45, 2.75) is 13.8 Å². The van der Waals surface area contributed by atoms with Crippen LogP contribution in [0.25, 0.3) is 0 Å². The normalized spacial score (nSPS) is 7.27. The molecule has 0 atom stereocenters. The van der Waals surface area contributed by atoms with Gasteiger partial charge in [-0.05, 0) is 5.82 Å². The molecular formula is C6H7ClFN2Y-. The van der Waals surface area contributed by atoms with Crippen molar-refractivity contribution in [3.05, 3.63) is 23.2 Å². The Kier molecular flexibility index (Phi) is 10.8. The van der Waals surface area contributed by atoms with Crippen molar-refractivity contribution >= 4 is 11.6 Å². The SMILES string of the molecule is CC.Fc1[c-]nnc(Cl)c1.[Y]. The van der Waals surface area contributed by atoms with E-state index in [0.29, 0.717) is 0 Å². The second kappa shape index (κ2) is 8.50. The van der Waals surface area contributed by atoms with Crippen LogP contribution < -0.4 is 0 Å². The van der Waals surface area contributed by atoms with Gasteiger partial charge in [-0.15, -0.1) is 6.07 Å². The smallest absolute Gasteiger partial charge is 0.0726 e. The van der Waals surface area contributed by atoms with Gasteiger partial charge < -0.3 is 0 Å². The second-order valence-corrected chi connectivity index (χ2v) is 1.51. The van der Waals surface area contributed by atoms with Crippen LogP contribution in [0.5, 0.6) is 0 Å². The summed E-state index contributed by atoms with van der Waals surface area (Å²) >= 11 is 5.21. The van der Waals surface area contributed by atoms with Gasteiger partial charge in [-0.25, -0.2) is 4.39 Å². The first-order valence-electron chi connectivity index (χ1n) is 2.85. The predicted molar refractivity (Wildman–Crippen MR) is 37.2 cm³/mol. The third-order valence-electron chi connectivity index (χ3n) is 0.548. The van der Waals surface area contributed by atoms with E-state index in [0.717, 1.165) is 6.07 Å². The summed E-state index contributed by atoms with van der Waals surface area (Å²) in [6, 6.07) is 1.04. The van der Waals surface area contributed by atoms with E-state index in [1.54, 1.807) is 0 Å². The van der Waals surface area contributed by atoms with Crippen molar-refractivity contribution in [2.75, 3.05) is 0 Å². The molecule has 1 rings (SSSR count). The fourth-order valence-electron chi connectivity index (χ4n) is 0.286. The zero-order chi connectivity index (χ0) is 7.98. The fraction of sp³-hybridized carbons (Fsp3) is 0.333. The zero-order valence-corrected chi connectivity index (χ0v) is 9.90. The molecule has 0 aliphatic rings. The molecule has 0 aromatic carbocycles. The van der Waals surface area contributed by atoms with E-state index in [1.807, 2.05) is 20.0 Å². The molecule has 1 aromatic heterocycles. The molecule has 5 heteroatoms. The Morgan fingerprint density at radius 1 is 1.55 bits per heavy atom. The molecule has 0 saturated carbocycles. The van der Waals surface area contributed by atoms with Gasteiger partial charge in [0.05, 0.1) is 5.15 Å². The number of halogens is 2. The van der Waals surface area contributed by atoms with Gasteiger partial charge in [0.25, 0.3) is 0 Å². The van der Waals surface area contributed by atoms with Crippen molar-refractivity contribution in [3.8, 4) is 0 Å². The van der Waals surface area contributed by atoms with E-state index < -0.39 is 5.82 Å². The van der Waals surface area contributed by atoms with E-state index >= 15 is 0 Å². The van der Waals surface area contributed by atoms with Crippen molar-refractivity contribution in [1.82, 2.24) is 10.2 Å². The van der Waals surface area contributed by atoms with Crippen LogP contribution in [0.4, 0.5) is 4.39 Å². The summed E-state index contributed by atoms with van der Waals surface area (Å²) in [5.41, 5.74) is 0. The number of rotatable bonds is 0. The van der Waals surface area contributed by atoms with Crippen LogP contribution in [0.15, 0.2) is 6.07 Å². The minimum Gasteiger partial charge on any atom is -0.264 e. The molecule has 1 radical (unpaired) electrons. The van der Waals surface area contributed by atoms with Crippen LogP contribution in [-0.2, 0) is 32.7 Å². The van der Waals surface area contributed by atoms with Gasteiger partial charge in [-0.1, -0.05) is 31.6 Å². The molecule has 0 saturated heterocycles. The van der Waals surface area contributed by atoms with Gasteiger partial charge >= 0.3 is 0 Å². The van der Waals surface area contributed by atoms with Crippen LogP contribution >= 0.6 is 11.6 Å². The minimum atomic E-state index is -0.593. The standard InChI is InChI=1S/C4HClFN2.C2H6.Y/c5-4-1-3(6)2-7-8-4;1-2;/h1H;1-2H3;/q-1;;. The summed E-state index contributed by atoms with van der Waals surface area (Å²) in [6.45, 7) is 4.00. The summed E-state index contributed by atoms with van der Waals surface area (Å²) in [7, 11) is 0. The van der Waals surface area contributed by atoms with Crippen LogP contribution in [0.2, 0.25) is 5.15 Å². The maximum absolute atomic E-state index is 11.9. The van der Waals surface area contributed by atoms with Crippen molar-refractivity contribution in [1.29, 1.82) is 0 Å². The average molecular weight is 250 g/mol. The van der Waals surface area contributed by atoms with Gasteiger partial charge in [0.1, 0.15) is 0 Å². The van der Waals surface area contributed by atoms with Gasteiger partial charge in [0.15, 0.2) is 0 Å². The third-order valence-corrected chi connectivity index (χ3v) is 0.733. The molecule has 0 unspecified atom stereocenters. The summed E-state index contributed by atoms with van der Waals surface area (Å²) in [4.78, 5) is 0. The van der Waals surface area contributed by atoms with Crippen LogP contribution in [0.3, 0.4) is 0 Å². The van der Waals surface area contributed by atoms with Crippen LogP contribution in [0.1, 0.15) is 13.8 Å². The second-order valence-electron chi connectivity index (χ2n) is 1.13. The molecule has 11 heavy (non-hydrogen) atoms. The monoisotopic (exact) mass is 250 g/mol. The van der Waals surface area contributed by atoms with Gasteiger partial charge in [0.2, 0.25) is 0 Å². The number of hydrogen-bond acceptors (Lipinski definition) is 2. The molecule has 0 spiro atoms. The van der Waals surface area contributed by atoms with E-state index in [2.05, 4.69) is 10.2 Å². The Balaban J connectivity index is 0.